The Morgan fingerprint density at radius 1 is 1.11 bits per heavy atom. The van der Waals surface area contributed by atoms with E-state index in [9.17, 15) is 9.90 Å². The third kappa shape index (κ3) is 5.54. The summed E-state index contributed by atoms with van der Waals surface area (Å²) in [7, 11) is 0. The van der Waals surface area contributed by atoms with E-state index in [-0.39, 0.29) is 47.4 Å². The number of imidazole rings is 1. The molecule has 1 saturated heterocycles. The molecule has 1 fully saturated rings. The van der Waals surface area contributed by atoms with Crippen LogP contribution in [0.2, 0.25) is 0 Å². The first kappa shape index (κ1) is 27.8. The number of fused-ring (bicyclic) bond motifs is 1. The van der Waals surface area contributed by atoms with E-state index in [1.165, 1.54) is 29.9 Å². The number of hydrogen-bond acceptors (Lipinski definition) is 9. The Morgan fingerprint density at radius 2 is 2.00 bits per heavy atom. The lowest BCUT2D eigenvalue weighted by Gasteiger charge is -2.27. The second-order valence-corrected chi connectivity index (χ2v) is 11.3. The summed E-state index contributed by atoms with van der Waals surface area (Å²) in [4.78, 5) is 29.6. The molecule has 5 heterocycles. The first-order valence-corrected chi connectivity index (χ1v) is 14.5. The Bertz CT molecular complexity index is 1990. The second kappa shape index (κ2) is 11.6. The average molecular weight is 616 g/mol. The van der Waals surface area contributed by atoms with E-state index in [0.29, 0.717) is 40.8 Å². The second-order valence-electron chi connectivity index (χ2n) is 10.2. The Labute approximate surface area is 252 Å². The molecule has 6 aromatic rings. The van der Waals surface area contributed by atoms with E-state index in [1.54, 1.807) is 36.7 Å². The zero-order valence-corrected chi connectivity index (χ0v) is 23.8. The molecule has 0 saturated carbocycles. The van der Waals surface area contributed by atoms with Crippen molar-refractivity contribution in [2.45, 2.75) is 32.1 Å². The topological polar surface area (TPSA) is 125 Å². The molecule has 4 aromatic heterocycles. The molecule has 44 heavy (non-hydrogen) atoms. The van der Waals surface area contributed by atoms with Gasteiger partial charge in [0, 0.05) is 30.9 Å². The quantitative estimate of drug-likeness (QED) is 0.193. The van der Waals surface area contributed by atoms with Crippen LogP contribution in [0.4, 0.5) is 8.78 Å². The normalized spacial score (nSPS) is 14.5. The molecule has 222 valence electrons. The van der Waals surface area contributed by atoms with E-state index in [4.69, 9.17) is 13.9 Å². The van der Waals surface area contributed by atoms with Crippen molar-refractivity contribution in [1.82, 2.24) is 24.5 Å². The SMILES string of the molecule is O=C(O)c1ccc2nc(Cc3cc(F)c(-c4cccc(OCc5ncc(-c6cnco6)s5)n4)cc3F)n(C[C@@H]3CCO3)c2c1. The van der Waals surface area contributed by atoms with Gasteiger partial charge in [-0.1, -0.05) is 6.07 Å². The molecule has 1 N–H and O–H groups in total. The van der Waals surface area contributed by atoms with Crippen LogP contribution in [0.1, 0.15) is 33.2 Å². The lowest BCUT2D eigenvalue weighted by Crippen LogP contribution is -2.31. The molecule has 0 aliphatic carbocycles. The van der Waals surface area contributed by atoms with Crippen LogP contribution in [0.15, 0.2) is 71.7 Å². The van der Waals surface area contributed by atoms with E-state index in [1.807, 2.05) is 4.57 Å². The molecule has 0 bridgehead atoms. The number of pyridine rings is 1. The van der Waals surface area contributed by atoms with Gasteiger partial charge in [-0.3, -0.25) is 0 Å². The minimum Gasteiger partial charge on any atom is -0.478 e. The highest BCUT2D eigenvalue weighted by Crippen LogP contribution is 2.30. The number of ether oxygens (including phenoxy) is 2. The first-order chi connectivity index (χ1) is 21.4. The molecular formula is C31H23F2N5O5S. The number of aromatic carboxylic acids is 1. The van der Waals surface area contributed by atoms with Crippen LogP contribution in [0.5, 0.6) is 5.88 Å². The maximum absolute atomic E-state index is 15.5. The van der Waals surface area contributed by atoms with Gasteiger partial charge in [0.15, 0.2) is 12.2 Å². The van der Waals surface area contributed by atoms with E-state index in [0.717, 1.165) is 23.4 Å². The molecule has 0 radical (unpaired) electrons. The van der Waals surface area contributed by atoms with Gasteiger partial charge in [-0.15, -0.1) is 11.3 Å². The van der Waals surface area contributed by atoms with Crippen molar-refractivity contribution in [2.75, 3.05) is 6.61 Å². The summed E-state index contributed by atoms with van der Waals surface area (Å²) >= 11 is 1.38. The third-order valence-corrected chi connectivity index (χ3v) is 8.30. The first-order valence-electron chi connectivity index (χ1n) is 13.7. The van der Waals surface area contributed by atoms with Gasteiger partial charge in [0.2, 0.25) is 5.88 Å². The summed E-state index contributed by atoms with van der Waals surface area (Å²) in [5.74, 6) is -1.02. The number of aromatic nitrogens is 5. The summed E-state index contributed by atoms with van der Waals surface area (Å²) in [6, 6.07) is 11.7. The number of thiazole rings is 1. The molecular weight excluding hydrogens is 592 g/mol. The van der Waals surface area contributed by atoms with Gasteiger partial charge in [0.25, 0.3) is 0 Å². The van der Waals surface area contributed by atoms with Crippen LogP contribution in [-0.2, 0) is 24.3 Å². The number of hydrogen-bond donors (Lipinski definition) is 1. The van der Waals surface area contributed by atoms with Crippen molar-refractivity contribution in [3.05, 3.63) is 101 Å². The molecule has 1 aliphatic heterocycles. The predicted octanol–water partition coefficient (Wildman–Crippen LogP) is 6.14. The van der Waals surface area contributed by atoms with Crippen molar-refractivity contribution in [3.63, 3.8) is 0 Å². The number of oxazole rings is 1. The van der Waals surface area contributed by atoms with Crippen LogP contribution >= 0.6 is 11.3 Å². The van der Waals surface area contributed by atoms with Gasteiger partial charge >= 0.3 is 5.97 Å². The van der Waals surface area contributed by atoms with E-state index < -0.39 is 17.6 Å². The molecule has 1 atom stereocenters. The maximum atomic E-state index is 15.5. The number of benzene rings is 2. The van der Waals surface area contributed by atoms with Crippen LogP contribution in [0, 0.1) is 11.6 Å². The summed E-state index contributed by atoms with van der Waals surface area (Å²) < 4.78 is 49.5. The van der Waals surface area contributed by atoms with Gasteiger partial charge in [0.1, 0.15) is 29.1 Å². The van der Waals surface area contributed by atoms with Gasteiger partial charge in [-0.25, -0.2) is 33.5 Å². The van der Waals surface area contributed by atoms with Gasteiger partial charge in [0.05, 0.1) is 46.0 Å². The number of carboxylic acids is 1. The van der Waals surface area contributed by atoms with Gasteiger partial charge < -0.3 is 23.6 Å². The Hall–Kier alpha value is -5.01. The van der Waals surface area contributed by atoms with Crippen LogP contribution < -0.4 is 4.74 Å². The Balaban J connectivity index is 1.12. The minimum atomic E-state index is -1.06. The Kier molecular flexibility index (Phi) is 7.32. The summed E-state index contributed by atoms with van der Waals surface area (Å²) in [5, 5.41) is 10.1. The number of carboxylic acid groups (broad SMARTS) is 1. The fraction of sp³-hybridized carbons (Fsp3) is 0.194. The van der Waals surface area contributed by atoms with E-state index in [2.05, 4.69) is 19.9 Å². The lowest BCUT2D eigenvalue weighted by molar-refractivity contribution is -0.0589. The maximum Gasteiger partial charge on any atom is 0.335 e. The highest BCUT2D eigenvalue weighted by Gasteiger charge is 2.24. The largest absolute Gasteiger partial charge is 0.478 e. The average Bonchev–Trinajstić information content (AvgIpc) is 3.76. The molecule has 10 nitrogen and oxygen atoms in total. The zero-order chi connectivity index (χ0) is 30.2. The van der Waals surface area contributed by atoms with Crippen molar-refractivity contribution in [1.29, 1.82) is 0 Å². The summed E-state index contributed by atoms with van der Waals surface area (Å²) in [6.45, 7) is 1.20. The fourth-order valence-corrected chi connectivity index (χ4v) is 5.76. The number of halogens is 2. The molecule has 0 amide bonds. The molecule has 0 unspecified atom stereocenters. The lowest BCUT2D eigenvalue weighted by atomic mass is 10.0. The fourth-order valence-electron chi connectivity index (χ4n) is 4.98. The van der Waals surface area contributed by atoms with Gasteiger partial charge in [-0.05, 0) is 48.4 Å². The molecule has 2 aromatic carbocycles. The highest BCUT2D eigenvalue weighted by molar-refractivity contribution is 7.15. The molecule has 7 rings (SSSR count). The highest BCUT2D eigenvalue weighted by atomic mass is 32.1. The monoisotopic (exact) mass is 615 g/mol. The standard InChI is InChI=1S/C31H23F2N5O5S/c32-21-11-20(23-2-1-3-29(37-23)42-15-30-35-13-27(44-30)26-12-34-16-43-26)22(33)8-18(21)10-28-36-24-5-4-17(31(39)40)9-25(24)38(28)14-19-6-7-41-19/h1-5,8-9,11-13,16,19H,6-7,10,14-15H2,(H,39,40)/t19-/m0/s1. The number of carbonyl (C=O) groups is 1. The van der Waals surface area contributed by atoms with Gasteiger partial charge in [-0.2, -0.15) is 0 Å². The summed E-state index contributed by atoms with van der Waals surface area (Å²) in [5.41, 5.74) is 1.58. The minimum absolute atomic E-state index is 0.00666. The Morgan fingerprint density at radius 3 is 2.77 bits per heavy atom. The third-order valence-electron chi connectivity index (χ3n) is 7.31. The smallest absolute Gasteiger partial charge is 0.335 e. The summed E-state index contributed by atoms with van der Waals surface area (Å²) in [6.07, 6.45) is 5.38. The van der Waals surface area contributed by atoms with Crippen molar-refractivity contribution in [2.24, 2.45) is 0 Å². The predicted molar refractivity (Wildman–Crippen MR) is 155 cm³/mol. The number of rotatable bonds is 10. The zero-order valence-electron chi connectivity index (χ0n) is 22.9. The van der Waals surface area contributed by atoms with Crippen LogP contribution in [0.3, 0.4) is 0 Å². The van der Waals surface area contributed by atoms with Crippen LogP contribution in [0.25, 0.3) is 32.9 Å². The van der Waals surface area contributed by atoms with Crippen molar-refractivity contribution in [3.8, 4) is 27.8 Å². The van der Waals surface area contributed by atoms with Crippen molar-refractivity contribution >= 4 is 28.3 Å². The van der Waals surface area contributed by atoms with Crippen molar-refractivity contribution < 1.29 is 32.6 Å². The van der Waals surface area contributed by atoms with E-state index >= 15 is 8.78 Å². The molecule has 0 spiro atoms. The van der Waals surface area contributed by atoms with Crippen LogP contribution in [-0.4, -0.2) is 48.3 Å². The molecule has 1 aliphatic rings. The molecule has 13 heteroatoms. The number of nitrogens with zero attached hydrogens (tertiary/aromatic N) is 5.